The maximum Gasteiger partial charge on any atom is 0.0907 e. The lowest BCUT2D eigenvalue weighted by Crippen LogP contribution is -1.82. The van der Waals surface area contributed by atoms with Crippen molar-refractivity contribution in [3.63, 3.8) is 0 Å². The van der Waals surface area contributed by atoms with E-state index in [1.807, 2.05) is 59.2 Å². The summed E-state index contributed by atoms with van der Waals surface area (Å²) < 4.78 is 12.0. The average Bonchev–Trinajstić information content (AvgIpc) is 3.22. The summed E-state index contributed by atoms with van der Waals surface area (Å²) in [6.07, 6.45) is 12.0. The van der Waals surface area contributed by atoms with Gasteiger partial charge in [-0.05, 0) is 35.1 Å². The molecule has 0 spiro atoms. The molecule has 0 amide bonds. The van der Waals surface area contributed by atoms with Crippen molar-refractivity contribution >= 4 is 70.6 Å². The fourth-order valence-corrected chi connectivity index (χ4v) is 9.40. The number of rotatable bonds is 1. The summed E-state index contributed by atoms with van der Waals surface area (Å²) >= 11 is 11.1. The van der Waals surface area contributed by atoms with Gasteiger partial charge in [0.1, 0.15) is 0 Å². The number of thioether (sulfide) groups is 6. The Balaban J connectivity index is 1.43. The Morgan fingerprint density at radius 3 is 2.00 bits per heavy atom. The van der Waals surface area contributed by atoms with E-state index in [1.165, 1.54) is 26.8 Å². The molecule has 4 aliphatic heterocycles. The normalized spacial score (nSPS) is 23.2. The highest BCUT2D eigenvalue weighted by Gasteiger charge is 2.30. The van der Waals surface area contributed by atoms with E-state index in [-0.39, 0.29) is 0 Å². The lowest BCUT2D eigenvalue weighted by Gasteiger charge is -2.06. The minimum Gasteiger partial charge on any atom is -0.473 e. The van der Waals surface area contributed by atoms with E-state index in [0.29, 0.717) is 0 Å². The highest BCUT2D eigenvalue weighted by Crippen LogP contribution is 2.67. The minimum absolute atomic E-state index is 1.24. The van der Waals surface area contributed by atoms with Gasteiger partial charge in [0.25, 0.3) is 0 Å². The summed E-state index contributed by atoms with van der Waals surface area (Å²) in [6.45, 7) is 0. The number of hydrogen-bond donors (Lipinski definition) is 0. The van der Waals surface area contributed by atoms with E-state index in [1.54, 1.807) is 36.0 Å². The quantitative estimate of drug-likeness (QED) is 0.476. The van der Waals surface area contributed by atoms with Crippen LogP contribution in [0.15, 0.2) is 74.4 Å². The van der Waals surface area contributed by atoms with Gasteiger partial charge in [0.05, 0.1) is 29.5 Å². The molecule has 0 bridgehead atoms. The summed E-state index contributed by atoms with van der Waals surface area (Å²) in [5, 5.41) is 4.25. The standard InChI is InChI=1S/C14H8OS6/c1(10-16-7-8-17-10)2-11-18-13-14(19-11)21-12(20-13)9-3-5-15-6-4-9/h1-8H. The molecule has 21 heavy (non-hydrogen) atoms. The van der Waals surface area contributed by atoms with Gasteiger partial charge in [0.15, 0.2) is 0 Å². The van der Waals surface area contributed by atoms with Gasteiger partial charge in [-0.2, -0.15) is 0 Å². The number of hydrogen-bond acceptors (Lipinski definition) is 7. The van der Waals surface area contributed by atoms with Crippen molar-refractivity contribution in [2.75, 3.05) is 0 Å². The first kappa shape index (κ1) is 14.7. The molecular formula is C14H8OS6. The van der Waals surface area contributed by atoms with Crippen LogP contribution >= 0.6 is 70.6 Å². The monoisotopic (exact) mass is 384 g/mol. The van der Waals surface area contributed by atoms with E-state index in [0.717, 1.165) is 0 Å². The smallest absolute Gasteiger partial charge is 0.0907 e. The minimum atomic E-state index is 1.24. The molecule has 0 aromatic carbocycles. The maximum absolute atomic E-state index is 5.09. The SMILES string of the molecule is C1=CC(=C2SC3=C(SC(=CC=C4SC=CS4)S3)S2)C=CO1. The molecular weight excluding hydrogens is 377 g/mol. The summed E-state index contributed by atoms with van der Waals surface area (Å²) in [6, 6.07) is 0. The van der Waals surface area contributed by atoms with Crippen LogP contribution in [0.3, 0.4) is 0 Å². The Labute approximate surface area is 148 Å². The van der Waals surface area contributed by atoms with E-state index >= 15 is 0 Å². The van der Waals surface area contributed by atoms with Crippen LogP contribution in [-0.2, 0) is 4.74 Å². The van der Waals surface area contributed by atoms with Crippen LogP contribution < -0.4 is 0 Å². The third-order valence-corrected chi connectivity index (χ3v) is 10.2. The predicted octanol–water partition coefficient (Wildman–Crippen LogP) is 6.98. The largest absolute Gasteiger partial charge is 0.473 e. The zero-order valence-electron chi connectivity index (χ0n) is 10.5. The van der Waals surface area contributed by atoms with Gasteiger partial charge in [0, 0.05) is 9.81 Å². The first-order chi connectivity index (χ1) is 10.4. The maximum atomic E-state index is 5.09. The second kappa shape index (κ2) is 6.68. The molecule has 0 fully saturated rings. The molecule has 4 aliphatic rings. The highest BCUT2D eigenvalue weighted by atomic mass is 32.3. The molecule has 0 aromatic rings. The van der Waals surface area contributed by atoms with Crippen molar-refractivity contribution < 1.29 is 4.74 Å². The van der Waals surface area contributed by atoms with Crippen LogP contribution in [0.1, 0.15) is 0 Å². The summed E-state index contributed by atoms with van der Waals surface area (Å²) in [5.74, 6) is 0. The van der Waals surface area contributed by atoms with Crippen LogP contribution in [0, 0.1) is 0 Å². The van der Waals surface area contributed by atoms with Gasteiger partial charge in [-0.1, -0.05) is 70.6 Å². The van der Waals surface area contributed by atoms with E-state index in [9.17, 15) is 0 Å². The van der Waals surface area contributed by atoms with Crippen LogP contribution in [0.25, 0.3) is 0 Å². The molecule has 4 heterocycles. The Bertz CT molecular complexity index is 646. The molecule has 0 radical (unpaired) electrons. The fourth-order valence-electron chi connectivity index (χ4n) is 1.68. The molecule has 0 saturated heterocycles. The van der Waals surface area contributed by atoms with Crippen LogP contribution in [-0.4, -0.2) is 0 Å². The number of allylic oxidation sites excluding steroid dienone is 5. The van der Waals surface area contributed by atoms with E-state index in [4.69, 9.17) is 4.74 Å². The van der Waals surface area contributed by atoms with Crippen molar-refractivity contribution in [3.05, 3.63) is 74.4 Å². The molecule has 0 saturated carbocycles. The van der Waals surface area contributed by atoms with E-state index in [2.05, 4.69) is 23.0 Å². The second-order valence-electron chi connectivity index (χ2n) is 3.95. The second-order valence-corrected chi connectivity index (χ2v) is 11.3. The molecule has 0 atom stereocenters. The molecule has 0 aromatic heterocycles. The van der Waals surface area contributed by atoms with Gasteiger partial charge in [0.2, 0.25) is 0 Å². The van der Waals surface area contributed by atoms with Crippen LogP contribution in [0.2, 0.25) is 0 Å². The Morgan fingerprint density at radius 1 is 0.714 bits per heavy atom. The van der Waals surface area contributed by atoms with Gasteiger partial charge >= 0.3 is 0 Å². The molecule has 0 N–H and O–H groups in total. The highest BCUT2D eigenvalue weighted by molar-refractivity contribution is 8.48. The Kier molecular flexibility index (Phi) is 4.66. The molecule has 0 aliphatic carbocycles. The third-order valence-electron chi connectivity index (χ3n) is 2.59. The summed E-state index contributed by atoms with van der Waals surface area (Å²) in [7, 11) is 0. The van der Waals surface area contributed by atoms with Crippen molar-refractivity contribution in [1.82, 2.24) is 0 Å². The lowest BCUT2D eigenvalue weighted by atomic mass is 10.3. The van der Waals surface area contributed by atoms with Crippen molar-refractivity contribution in [2.45, 2.75) is 0 Å². The Hall–Kier alpha value is 0.0800. The first-order valence-electron chi connectivity index (χ1n) is 5.97. The summed E-state index contributed by atoms with van der Waals surface area (Å²) in [5.41, 5.74) is 1.24. The topological polar surface area (TPSA) is 9.23 Å². The average molecular weight is 385 g/mol. The molecule has 106 valence electrons. The zero-order chi connectivity index (χ0) is 14.1. The fraction of sp³-hybridized carbons (Fsp3) is 0. The molecule has 4 rings (SSSR count). The van der Waals surface area contributed by atoms with Crippen molar-refractivity contribution in [1.29, 1.82) is 0 Å². The van der Waals surface area contributed by atoms with Gasteiger partial charge in [-0.15, -0.1) is 0 Å². The van der Waals surface area contributed by atoms with Crippen LogP contribution in [0.4, 0.5) is 0 Å². The van der Waals surface area contributed by atoms with E-state index < -0.39 is 0 Å². The lowest BCUT2D eigenvalue weighted by molar-refractivity contribution is 0.398. The predicted molar refractivity (Wildman–Crippen MR) is 104 cm³/mol. The summed E-state index contributed by atoms with van der Waals surface area (Å²) in [4.78, 5) is 0. The van der Waals surface area contributed by atoms with Gasteiger partial charge < -0.3 is 4.74 Å². The molecule has 1 nitrogen and oxygen atoms in total. The number of ether oxygens (including phenoxy) is 1. The Morgan fingerprint density at radius 2 is 1.33 bits per heavy atom. The first-order valence-corrected chi connectivity index (χ1v) is 11.0. The van der Waals surface area contributed by atoms with Crippen molar-refractivity contribution in [2.24, 2.45) is 0 Å². The third kappa shape index (κ3) is 3.38. The van der Waals surface area contributed by atoms with Gasteiger partial charge in [-0.25, -0.2) is 0 Å². The molecule has 7 heteroatoms. The zero-order valence-corrected chi connectivity index (χ0v) is 15.4. The van der Waals surface area contributed by atoms with Crippen molar-refractivity contribution in [3.8, 4) is 0 Å². The molecule has 0 unspecified atom stereocenters. The van der Waals surface area contributed by atoms with Crippen LogP contribution in [0.5, 0.6) is 0 Å². The van der Waals surface area contributed by atoms with Gasteiger partial charge in [-0.3, -0.25) is 0 Å².